The van der Waals surface area contributed by atoms with Crippen molar-refractivity contribution in [3.05, 3.63) is 52.7 Å². The van der Waals surface area contributed by atoms with Crippen LogP contribution in [0, 0.1) is 4.64 Å². The summed E-state index contributed by atoms with van der Waals surface area (Å²) in [6.45, 7) is 1.19. The quantitative estimate of drug-likeness (QED) is 0.847. The van der Waals surface area contributed by atoms with Crippen LogP contribution in [0.2, 0.25) is 0 Å². The molecule has 3 heterocycles. The zero-order valence-corrected chi connectivity index (χ0v) is 13.3. The van der Waals surface area contributed by atoms with E-state index in [0.717, 1.165) is 12.8 Å². The number of hydrogen-bond acceptors (Lipinski definition) is 4. The Kier molecular flexibility index (Phi) is 4.57. The fraction of sp³-hybridized carbons (Fsp3) is 0.312. The zero-order chi connectivity index (χ0) is 16.2. The minimum Gasteiger partial charge on any atom is -0.472 e. The highest BCUT2D eigenvalue weighted by Crippen LogP contribution is 2.15. The number of furan rings is 1. The van der Waals surface area contributed by atoms with Gasteiger partial charge in [-0.05, 0) is 31.0 Å². The summed E-state index contributed by atoms with van der Waals surface area (Å²) < 4.78 is 5.36. The summed E-state index contributed by atoms with van der Waals surface area (Å²) >= 11 is 5.15. The fourth-order valence-corrected chi connectivity index (χ4v) is 2.87. The number of amides is 2. The number of rotatable bonds is 3. The second-order valence-electron chi connectivity index (χ2n) is 5.46. The molecule has 3 rings (SSSR count). The molecule has 7 heteroatoms. The van der Waals surface area contributed by atoms with Gasteiger partial charge in [-0.3, -0.25) is 9.59 Å². The van der Waals surface area contributed by atoms with Crippen LogP contribution in [0.5, 0.6) is 0 Å². The summed E-state index contributed by atoms with van der Waals surface area (Å²) in [6, 6.07) is 5.19. The molecule has 120 valence electrons. The van der Waals surface area contributed by atoms with Gasteiger partial charge in [0.1, 0.15) is 10.9 Å². The van der Waals surface area contributed by atoms with Crippen LogP contribution in [-0.2, 0) is 0 Å². The minimum absolute atomic E-state index is 0.0618. The van der Waals surface area contributed by atoms with E-state index >= 15 is 0 Å². The average Bonchev–Trinajstić information content (AvgIpc) is 3.10. The Hall–Kier alpha value is -2.41. The predicted molar refractivity (Wildman–Crippen MR) is 86.7 cm³/mol. The lowest BCUT2D eigenvalue weighted by Crippen LogP contribution is -2.46. The Balaban J connectivity index is 1.56. The van der Waals surface area contributed by atoms with Crippen LogP contribution in [0.25, 0.3) is 0 Å². The summed E-state index contributed by atoms with van der Waals surface area (Å²) in [5.74, 6) is -0.208. The molecule has 2 aromatic rings. The molecule has 1 saturated heterocycles. The third kappa shape index (κ3) is 3.50. The van der Waals surface area contributed by atoms with E-state index in [4.69, 9.17) is 16.6 Å². The molecule has 0 aliphatic carbocycles. The summed E-state index contributed by atoms with van der Waals surface area (Å²) in [7, 11) is 0. The molecule has 0 atom stereocenters. The Morgan fingerprint density at radius 1 is 1.30 bits per heavy atom. The summed E-state index contributed by atoms with van der Waals surface area (Å²) in [5.41, 5.74) is 1.03. The zero-order valence-electron chi connectivity index (χ0n) is 12.5. The van der Waals surface area contributed by atoms with Crippen LogP contribution >= 0.6 is 12.2 Å². The van der Waals surface area contributed by atoms with E-state index in [0.29, 0.717) is 28.9 Å². The van der Waals surface area contributed by atoms with Crippen molar-refractivity contribution in [2.24, 2.45) is 0 Å². The summed E-state index contributed by atoms with van der Waals surface area (Å²) in [6.07, 6.45) is 6.04. The van der Waals surface area contributed by atoms with Crippen LogP contribution in [0.15, 0.2) is 41.3 Å². The average molecular weight is 331 g/mol. The topological polar surface area (TPSA) is 78.3 Å². The van der Waals surface area contributed by atoms with Crippen molar-refractivity contribution in [1.29, 1.82) is 0 Å². The highest BCUT2D eigenvalue weighted by molar-refractivity contribution is 7.71. The Labute approximate surface area is 138 Å². The number of aromatic nitrogens is 1. The highest BCUT2D eigenvalue weighted by atomic mass is 32.1. The maximum absolute atomic E-state index is 12.5. The van der Waals surface area contributed by atoms with Gasteiger partial charge in [-0.1, -0.05) is 12.2 Å². The van der Waals surface area contributed by atoms with E-state index in [1.165, 1.54) is 12.5 Å². The first kappa shape index (κ1) is 15.5. The number of pyridine rings is 1. The first-order valence-electron chi connectivity index (χ1n) is 7.45. The number of H-pyrrole nitrogens is 1. The number of piperidine rings is 1. The maximum atomic E-state index is 12.5. The van der Waals surface area contributed by atoms with Crippen LogP contribution < -0.4 is 5.32 Å². The van der Waals surface area contributed by atoms with Crippen LogP contribution in [0.3, 0.4) is 0 Å². The Morgan fingerprint density at radius 3 is 2.74 bits per heavy atom. The molecule has 2 amide bonds. The van der Waals surface area contributed by atoms with Crippen molar-refractivity contribution in [3.8, 4) is 0 Å². The second-order valence-corrected chi connectivity index (χ2v) is 5.87. The third-order valence-electron chi connectivity index (χ3n) is 3.95. The molecule has 2 N–H and O–H groups in total. The molecule has 0 unspecified atom stereocenters. The molecule has 0 bridgehead atoms. The van der Waals surface area contributed by atoms with Gasteiger partial charge < -0.3 is 19.6 Å². The van der Waals surface area contributed by atoms with Gasteiger partial charge in [0.15, 0.2) is 0 Å². The van der Waals surface area contributed by atoms with E-state index in [1.54, 1.807) is 29.3 Å². The van der Waals surface area contributed by atoms with Crippen molar-refractivity contribution >= 4 is 24.0 Å². The standard InChI is InChI=1S/C16H17N3O3S/c20-14(11-5-9-22-10-11)18-12-3-7-19(8-4-12)16(21)13-2-1-6-17-15(13)23/h1-2,5-6,9-10,12H,3-4,7-8H2,(H,17,23)(H,18,20). The van der Waals surface area contributed by atoms with Crippen LogP contribution in [0.4, 0.5) is 0 Å². The number of nitrogens with zero attached hydrogens (tertiary/aromatic N) is 1. The molecule has 1 fully saturated rings. The molecule has 0 aromatic carbocycles. The lowest BCUT2D eigenvalue weighted by molar-refractivity contribution is 0.0697. The molecule has 1 aliphatic rings. The van der Waals surface area contributed by atoms with Crippen molar-refractivity contribution in [2.75, 3.05) is 13.1 Å². The smallest absolute Gasteiger partial charge is 0.256 e. The van der Waals surface area contributed by atoms with Crippen LogP contribution in [-0.4, -0.2) is 40.8 Å². The van der Waals surface area contributed by atoms with Gasteiger partial charge in [-0.2, -0.15) is 0 Å². The molecule has 2 aromatic heterocycles. The van der Waals surface area contributed by atoms with Gasteiger partial charge in [0.25, 0.3) is 11.8 Å². The van der Waals surface area contributed by atoms with Crippen molar-refractivity contribution in [2.45, 2.75) is 18.9 Å². The minimum atomic E-state index is -0.144. The first-order valence-corrected chi connectivity index (χ1v) is 7.86. The van der Waals surface area contributed by atoms with E-state index in [1.807, 2.05) is 0 Å². The fourth-order valence-electron chi connectivity index (χ4n) is 2.65. The number of aromatic amines is 1. The number of carbonyl (C=O) groups is 2. The largest absolute Gasteiger partial charge is 0.472 e. The van der Waals surface area contributed by atoms with Gasteiger partial charge in [-0.25, -0.2) is 0 Å². The van der Waals surface area contributed by atoms with Crippen molar-refractivity contribution in [3.63, 3.8) is 0 Å². The van der Waals surface area contributed by atoms with E-state index in [-0.39, 0.29) is 17.9 Å². The lowest BCUT2D eigenvalue weighted by atomic mass is 10.0. The molecule has 0 spiro atoms. The second kappa shape index (κ2) is 6.78. The molecular weight excluding hydrogens is 314 g/mol. The SMILES string of the molecule is O=C(NC1CCN(C(=O)c2ccc[nH]c2=S)CC1)c1ccoc1. The molecule has 23 heavy (non-hydrogen) atoms. The monoisotopic (exact) mass is 331 g/mol. The highest BCUT2D eigenvalue weighted by Gasteiger charge is 2.25. The Bertz CT molecular complexity index is 746. The maximum Gasteiger partial charge on any atom is 0.256 e. The van der Waals surface area contributed by atoms with Crippen molar-refractivity contribution in [1.82, 2.24) is 15.2 Å². The molecule has 6 nitrogen and oxygen atoms in total. The number of hydrogen-bond donors (Lipinski definition) is 2. The number of carbonyl (C=O) groups excluding carboxylic acids is 2. The van der Waals surface area contributed by atoms with Gasteiger partial charge in [-0.15, -0.1) is 0 Å². The van der Waals surface area contributed by atoms with Gasteiger partial charge >= 0.3 is 0 Å². The Morgan fingerprint density at radius 2 is 2.09 bits per heavy atom. The first-order chi connectivity index (χ1) is 11.1. The van der Waals surface area contributed by atoms with E-state index < -0.39 is 0 Å². The molecule has 0 radical (unpaired) electrons. The third-order valence-corrected chi connectivity index (χ3v) is 4.29. The summed E-state index contributed by atoms with van der Waals surface area (Å²) in [4.78, 5) is 29.1. The van der Waals surface area contributed by atoms with E-state index in [2.05, 4.69) is 10.3 Å². The van der Waals surface area contributed by atoms with Gasteiger partial charge in [0, 0.05) is 25.3 Å². The van der Waals surface area contributed by atoms with E-state index in [9.17, 15) is 9.59 Å². The molecule has 0 saturated carbocycles. The number of likely N-dealkylation sites (tertiary alicyclic amines) is 1. The predicted octanol–water partition coefficient (Wildman–Crippen LogP) is 2.37. The van der Waals surface area contributed by atoms with Crippen LogP contribution in [0.1, 0.15) is 33.6 Å². The molecule has 1 aliphatic heterocycles. The molecular formula is C16H17N3O3S. The summed E-state index contributed by atoms with van der Waals surface area (Å²) in [5, 5.41) is 2.97. The lowest BCUT2D eigenvalue weighted by Gasteiger charge is -2.32. The normalized spacial score (nSPS) is 15.4. The van der Waals surface area contributed by atoms with Gasteiger partial charge in [0.05, 0.1) is 17.4 Å². The van der Waals surface area contributed by atoms with Crippen molar-refractivity contribution < 1.29 is 14.0 Å². The number of nitrogens with one attached hydrogen (secondary N) is 2. The van der Waals surface area contributed by atoms with Gasteiger partial charge in [0.2, 0.25) is 0 Å².